The van der Waals surface area contributed by atoms with Gasteiger partial charge in [0.2, 0.25) is 0 Å². The molecule has 0 aromatic rings. The van der Waals surface area contributed by atoms with Crippen LogP contribution in [0.15, 0.2) is 0 Å². The van der Waals surface area contributed by atoms with Crippen LogP contribution in [-0.4, -0.2) is 29.4 Å². The summed E-state index contributed by atoms with van der Waals surface area (Å²) in [6.07, 6.45) is 0.338. The molecule has 0 spiro atoms. The molecule has 0 saturated heterocycles. The molecule has 0 aromatic carbocycles. The molecule has 10 heavy (non-hydrogen) atoms. The number of hydrogen-bond donors (Lipinski definition) is 2. The Hall–Kier alpha value is 0.160. The number of rotatable bonds is 4. The van der Waals surface area contributed by atoms with Crippen LogP contribution in [0.2, 0.25) is 0 Å². The molecule has 0 amide bonds. The van der Waals surface area contributed by atoms with Crippen molar-refractivity contribution in [1.82, 2.24) is 0 Å². The summed E-state index contributed by atoms with van der Waals surface area (Å²) in [5.74, 6) is -0.350. The molecule has 0 heterocycles. The lowest BCUT2D eigenvalue weighted by atomic mass is 10.4. The van der Waals surface area contributed by atoms with Crippen molar-refractivity contribution in [2.45, 2.75) is 18.4 Å². The van der Waals surface area contributed by atoms with Gasteiger partial charge in [0.1, 0.15) is 5.56 Å². The topological polar surface area (TPSA) is 74.6 Å². The van der Waals surface area contributed by atoms with Crippen LogP contribution in [0.25, 0.3) is 0 Å². The molecule has 1 atom stereocenters. The van der Waals surface area contributed by atoms with Gasteiger partial charge < -0.3 is 5.11 Å². The van der Waals surface area contributed by atoms with E-state index >= 15 is 0 Å². The molecule has 4 nitrogen and oxygen atoms in total. The van der Waals surface area contributed by atoms with Crippen LogP contribution in [-0.2, 0) is 10.1 Å². The third-order valence-corrected chi connectivity index (χ3v) is 1.87. The van der Waals surface area contributed by atoms with Crippen LogP contribution in [0.5, 0.6) is 0 Å². The summed E-state index contributed by atoms with van der Waals surface area (Å²) in [6, 6.07) is 0. The standard InChI is InChI=1S/C4H9ClO4S/c5-4(6)2-1-3-10(7,8)9/h4,6H,1-3H2,(H,7,8,9). The van der Waals surface area contributed by atoms with Crippen LogP contribution in [0.4, 0.5) is 0 Å². The number of halogens is 1. The second-order valence-electron chi connectivity index (χ2n) is 1.86. The van der Waals surface area contributed by atoms with Crippen LogP contribution >= 0.6 is 11.6 Å². The summed E-state index contributed by atoms with van der Waals surface area (Å²) in [7, 11) is -3.89. The lowest BCUT2D eigenvalue weighted by Gasteiger charge is -1.98. The number of hydrogen-bond acceptors (Lipinski definition) is 3. The normalized spacial score (nSPS) is 15.1. The highest BCUT2D eigenvalue weighted by Gasteiger charge is 2.05. The van der Waals surface area contributed by atoms with E-state index in [1.807, 2.05) is 0 Å². The zero-order valence-corrected chi connectivity index (χ0v) is 6.77. The van der Waals surface area contributed by atoms with Gasteiger partial charge in [-0.05, 0) is 12.8 Å². The second-order valence-corrected chi connectivity index (χ2v) is 3.94. The van der Waals surface area contributed by atoms with Crippen LogP contribution in [0.3, 0.4) is 0 Å². The molecule has 0 aliphatic heterocycles. The highest BCUT2D eigenvalue weighted by atomic mass is 35.5. The predicted octanol–water partition coefficient (Wildman–Crippen LogP) is 0.212. The fourth-order valence-electron chi connectivity index (χ4n) is 0.434. The molecule has 0 rings (SSSR count). The highest BCUT2D eigenvalue weighted by molar-refractivity contribution is 7.85. The van der Waals surface area contributed by atoms with E-state index in [1.54, 1.807) is 0 Å². The van der Waals surface area contributed by atoms with E-state index in [9.17, 15) is 8.42 Å². The lowest BCUT2D eigenvalue weighted by Crippen LogP contribution is -2.06. The minimum atomic E-state index is -3.89. The van der Waals surface area contributed by atoms with Gasteiger partial charge in [0.15, 0.2) is 0 Å². The third kappa shape index (κ3) is 8.16. The Labute approximate surface area is 64.6 Å². The Kier molecular flexibility index (Phi) is 4.19. The van der Waals surface area contributed by atoms with E-state index in [2.05, 4.69) is 0 Å². The number of aliphatic hydroxyl groups excluding tert-OH is 1. The number of aliphatic hydroxyl groups is 1. The summed E-state index contributed by atoms with van der Waals surface area (Å²) in [4.78, 5) is 0. The van der Waals surface area contributed by atoms with Gasteiger partial charge in [-0.25, -0.2) is 0 Å². The Morgan fingerprint density at radius 1 is 1.50 bits per heavy atom. The van der Waals surface area contributed by atoms with E-state index < -0.39 is 15.7 Å². The van der Waals surface area contributed by atoms with E-state index in [0.717, 1.165) is 0 Å². The van der Waals surface area contributed by atoms with Crippen molar-refractivity contribution in [2.75, 3.05) is 5.75 Å². The Morgan fingerprint density at radius 3 is 2.30 bits per heavy atom. The van der Waals surface area contributed by atoms with Crippen LogP contribution < -0.4 is 0 Å². The van der Waals surface area contributed by atoms with Crippen molar-refractivity contribution in [1.29, 1.82) is 0 Å². The molecular formula is C4H9ClO4S. The van der Waals surface area contributed by atoms with Crippen LogP contribution in [0, 0.1) is 0 Å². The van der Waals surface area contributed by atoms with E-state index in [0.29, 0.717) is 0 Å². The molecule has 6 heteroatoms. The van der Waals surface area contributed by atoms with Gasteiger partial charge in [0.25, 0.3) is 10.1 Å². The van der Waals surface area contributed by atoms with Crippen LogP contribution in [0.1, 0.15) is 12.8 Å². The third-order valence-electron chi connectivity index (χ3n) is 0.845. The van der Waals surface area contributed by atoms with Gasteiger partial charge in [0, 0.05) is 0 Å². The minimum absolute atomic E-state index is 0.168. The summed E-state index contributed by atoms with van der Waals surface area (Å²) >= 11 is 5.09. The summed E-state index contributed by atoms with van der Waals surface area (Å²) in [6.45, 7) is 0. The Balaban J connectivity index is 3.39. The van der Waals surface area contributed by atoms with E-state index in [4.69, 9.17) is 21.3 Å². The zero-order chi connectivity index (χ0) is 8.20. The highest BCUT2D eigenvalue weighted by Crippen LogP contribution is 2.02. The quantitative estimate of drug-likeness (QED) is 0.489. The van der Waals surface area contributed by atoms with Gasteiger partial charge in [0.05, 0.1) is 5.75 Å². The van der Waals surface area contributed by atoms with Crippen molar-refractivity contribution in [3.63, 3.8) is 0 Å². The molecule has 0 saturated carbocycles. The molecule has 0 aliphatic rings. The maximum Gasteiger partial charge on any atom is 0.264 e. The smallest absolute Gasteiger partial charge is 0.264 e. The molecule has 0 aromatic heterocycles. The SMILES string of the molecule is O=S(=O)(O)CCCC(O)Cl. The first-order valence-corrected chi connectivity index (χ1v) is 4.73. The maximum atomic E-state index is 10.0. The summed E-state index contributed by atoms with van der Waals surface area (Å²) in [5.41, 5.74) is -1.03. The molecule has 0 radical (unpaired) electrons. The van der Waals surface area contributed by atoms with Gasteiger partial charge in [-0.1, -0.05) is 11.6 Å². The van der Waals surface area contributed by atoms with Gasteiger partial charge >= 0.3 is 0 Å². The molecular weight excluding hydrogens is 180 g/mol. The summed E-state index contributed by atoms with van der Waals surface area (Å²) < 4.78 is 28.3. The van der Waals surface area contributed by atoms with Crippen molar-refractivity contribution in [2.24, 2.45) is 0 Å². The first kappa shape index (κ1) is 10.2. The van der Waals surface area contributed by atoms with E-state index in [-0.39, 0.29) is 18.6 Å². The molecule has 1 unspecified atom stereocenters. The lowest BCUT2D eigenvalue weighted by molar-refractivity contribution is 0.244. The van der Waals surface area contributed by atoms with Crippen molar-refractivity contribution >= 4 is 21.7 Å². The Morgan fingerprint density at radius 2 is 2.00 bits per heavy atom. The molecule has 62 valence electrons. The predicted molar refractivity (Wildman–Crippen MR) is 37.5 cm³/mol. The maximum absolute atomic E-state index is 10.0. The fraction of sp³-hybridized carbons (Fsp3) is 1.00. The molecule has 0 aliphatic carbocycles. The Bertz CT molecular complexity index is 174. The van der Waals surface area contributed by atoms with Crippen molar-refractivity contribution < 1.29 is 18.1 Å². The largest absolute Gasteiger partial charge is 0.378 e. The van der Waals surface area contributed by atoms with Crippen molar-refractivity contribution in [3.8, 4) is 0 Å². The fourth-order valence-corrected chi connectivity index (χ4v) is 1.12. The first-order valence-electron chi connectivity index (χ1n) is 2.69. The molecule has 2 N–H and O–H groups in total. The second kappa shape index (κ2) is 4.12. The minimum Gasteiger partial charge on any atom is -0.378 e. The monoisotopic (exact) mass is 188 g/mol. The zero-order valence-electron chi connectivity index (χ0n) is 5.20. The average molecular weight is 189 g/mol. The van der Waals surface area contributed by atoms with Gasteiger partial charge in [-0.15, -0.1) is 0 Å². The van der Waals surface area contributed by atoms with Gasteiger partial charge in [-0.2, -0.15) is 8.42 Å². The molecule has 0 bridgehead atoms. The first-order chi connectivity index (χ1) is 4.42. The molecule has 0 fully saturated rings. The van der Waals surface area contributed by atoms with Gasteiger partial charge in [-0.3, -0.25) is 4.55 Å². The van der Waals surface area contributed by atoms with E-state index in [1.165, 1.54) is 0 Å². The average Bonchev–Trinajstić information content (AvgIpc) is 1.59. The van der Waals surface area contributed by atoms with Crippen molar-refractivity contribution in [3.05, 3.63) is 0 Å². The summed E-state index contributed by atoms with van der Waals surface area (Å²) in [5, 5.41) is 8.44. The number of alkyl halides is 1.